The molecule has 0 saturated carbocycles. The fourth-order valence-corrected chi connectivity index (χ4v) is 3.25. The van der Waals surface area contributed by atoms with Gasteiger partial charge in [0.1, 0.15) is 0 Å². The van der Waals surface area contributed by atoms with Crippen LogP contribution in [0.15, 0.2) is 78.9 Å². The van der Waals surface area contributed by atoms with E-state index in [9.17, 15) is 24.8 Å². The Bertz CT molecular complexity index is 1260. The zero-order valence-corrected chi connectivity index (χ0v) is 15.0. The number of non-ortho nitro benzene ring substituents is 1. The summed E-state index contributed by atoms with van der Waals surface area (Å²) in [7, 11) is 0. The van der Waals surface area contributed by atoms with E-state index in [0.29, 0.717) is 11.1 Å². The SMILES string of the molecule is O=C(c1ccccc1)c1c(O)n(C(=O)c2ccccc2)c2ccc([N+](=O)[O-])cc12. The third-order valence-electron chi connectivity index (χ3n) is 4.62. The Morgan fingerprint density at radius 1 is 0.862 bits per heavy atom. The summed E-state index contributed by atoms with van der Waals surface area (Å²) in [5.41, 5.74) is 0.404. The Morgan fingerprint density at radius 3 is 2.03 bits per heavy atom. The number of aromatic nitrogens is 1. The number of carbonyl (C=O) groups is 2. The molecule has 0 radical (unpaired) electrons. The maximum Gasteiger partial charge on any atom is 0.270 e. The summed E-state index contributed by atoms with van der Waals surface area (Å²) in [6, 6.07) is 20.3. The Kier molecular flexibility index (Phi) is 4.40. The molecule has 4 aromatic rings. The van der Waals surface area contributed by atoms with Crippen molar-refractivity contribution in [3.05, 3.63) is 106 Å². The maximum atomic E-state index is 13.1. The second-order valence-corrected chi connectivity index (χ2v) is 6.36. The molecular weight excluding hydrogens is 372 g/mol. The summed E-state index contributed by atoms with van der Waals surface area (Å²) in [5, 5.41) is 22.2. The van der Waals surface area contributed by atoms with Gasteiger partial charge < -0.3 is 5.11 Å². The molecule has 1 aromatic heterocycles. The average Bonchev–Trinajstić information content (AvgIpc) is 3.04. The molecule has 0 amide bonds. The number of benzene rings is 3. The third kappa shape index (κ3) is 3.04. The van der Waals surface area contributed by atoms with Crippen LogP contribution in [-0.2, 0) is 0 Å². The lowest BCUT2D eigenvalue weighted by atomic mass is 10.0. The van der Waals surface area contributed by atoms with Crippen molar-refractivity contribution in [2.24, 2.45) is 0 Å². The van der Waals surface area contributed by atoms with E-state index in [4.69, 9.17) is 0 Å². The van der Waals surface area contributed by atoms with E-state index < -0.39 is 22.5 Å². The average molecular weight is 386 g/mol. The fourth-order valence-electron chi connectivity index (χ4n) is 3.25. The molecule has 4 rings (SSSR count). The van der Waals surface area contributed by atoms with E-state index in [2.05, 4.69) is 0 Å². The molecular formula is C22H14N2O5. The first-order chi connectivity index (χ1) is 14.0. The lowest BCUT2D eigenvalue weighted by Crippen LogP contribution is -2.11. The summed E-state index contributed by atoms with van der Waals surface area (Å²) < 4.78 is 1.00. The molecule has 0 bridgehead atoms. The van der Waals surface area contributed by atoms with Gasteiger partial charge in [-0.2, -0.15) is 0 Å². The fraction of sp³-hybridized carbons (Fsp3) is 0. The van der Waals surface area contributed by atoms with Crippen molar-refractivity contribution in [3.63, 3.8) is 0 Å². The summed E-state index contributed by atoms with van der Waals surface area (Å²) in [6.45, 7) is 0. The third-order valence-corrected chi connectivity index (χ3v) is 4.62. The van der Waals surface area contributed by atoms with Gasteiger partial charge >= 0.3 is 0 Å². The number of hydrogen-bond donors (Lipinski definition) is 1. The molecule has 142 valence electrons. The Hall–Kier alpha value is -4.26. The van der Waals surface area contributed by atoms with Crippen LogP contribution in [0.2, 0.25) is 0 Å². The van der Waals surface area contributed by atoms with Crippen molar-refractivity contribution in [1.29, 1.82) is 0 Å². The monoisotopic (exact) mass is 386 g/mol. The number of nitro groups is 1. The molecule has 0 atom stereocenters. The molecule has 7 nitrogen and oxygen atoms in total. The minimum atomic E-state index is -0.594. The molecule has 0 spiro atoms. The van der Waals surface area contributed by atoms with Gasteiger partial charge in [0.15, 0.2) is 5.78 Å². The van der Waals surface area contributed by atoms with E-state index in [0.717, 1.165) is 4.57 Å². The minimum Gasteiger partial charge on any atom is -0.494 e. The molecule has 1 heterocycles. The van der Waals surface area contributed by atoms with Crippen LogP contribution in [0.5, 0.6) is 5.88 Å². The molecule has 0 aliphatic rings. The van der Waals surface area contributed by atoms with Crippen molar-refractivity contribution in [3.8, 4) is 5.88 Å². The van der Waals surface area contributed by atoms with Gasteiger partial charge in [-0.05, 0) is 18.2 Å². The topological polar surface area (TPSA) is 102 Å². The zero-order chi connectivity index (χ0) is 20.5. The summed E-state index contributed by atoms with van der Waals surface area (Å²) >= 11 is 0. The summed E-state index contributed by atoms with van der Waals surface area (Å²) in [6.07, 6.45) is 0. The van der Waals surface area contributed by atoms with Gasteiger partial charge in [0.05, 0.1) is 16.0 Å². The highest BCUT2D eigenvalue weighted by Crippen LogP contribution is 2.35. The summed E-state index contributed by atoms with van der Waals surface area (Å²) in [5.74, 6) is -1.63. The number of ketones is 1. The van der Waals surface area contributed by atoms with Crippen LogP contribution in [0, 0.1) is 10.1 Å². The number of carbonyl (C=O) groups excluding carboxylic acids is 2. The predicted octanol–water partition coefficient (Wildman–Crippen LogP) is 4.17. The van der Waals surface area contributed by atoms with E-state index >= 15 is 0 Å². The predicted molar refractivity (Wildman–Crippen MR) is 106 cm³/mol. The second-order valence-electron chi connectivity index (χ2n) is 6.36. The van der Waals surface area contributed by atoms with Crippen LogP contribution in [-0.4, -0.2) is 26.3 Å². The van der Waals surface area contributed by atoms with Crippen LogP contribution < -0.4 is 0 Å². The highest BCUT2D eigenvalue weighted by atomic mass is 16.6. The van der Waals surface area contributed by atoms with E-state index in [1.165, 1.54) is 18.2 Å². The standard InChI is InChI=1S/C22H14N2O5/c25-20(14-7-3-1-4-8-14)19-17-13-16(24(28)29)11-12-18(17)23(22(19)27)21(26)15-9-5-2-6-10-15/h1-13,27H. The number of fused-ring (bicyclic) bond motifs is 1. The number of rotatable bonds is 4. The van der Waals surface area contributed by atoms with Crippen LogP contribution in [0.25, 0.3) is 10.9 Å². The van der Waals surface area contributed by atoms with Crippen molar-refractivity contribution >= 4 is 28.3 Å². The quantitative estimate of drug-likeness (QED) is 0.322. The molecule has 0 fully saturated rings. The minimum absolute atomic E-state index is 0.134. The van der Waals surface area contributed by atoms with Crippen LogP contribution >= 0.6 is 0 Å². The maximum absolute atomic E-state index is 13.1. The Labute approximate surface area is 164 Å². The van der Waals surface area contributed by atoms with Crippen molar-refractivity contribution in [1.82, 2.24) is 4.57 Å². The second kappa shape index (κ2) is 7.05. The number of aromatic hydroxyl groups is 1. The van der Waals surface area contributed by atoms with Gasteiger partial charge in [-0.3, -0.25) is 19.7 Å². The van der Waals surface area contributed by atoms with Crippen molar-refractivity contribution < 1.29 is 19.6 Å². The molecule has 0 unspecified atom stereocenters. The van der Waals surface area contributed by atoms with Crippen LogP contribution in [0.4, 0.5) is 5.69 Å². The van der Waals surface area contributed by atoms with Crippen LogP contribution in [0.3, 0.4) is 0 Å². The molecule has 1 N–H and O–H groups in total. The normalized spacial score (nSPS) is 10.8. The van der Waals surface area contributed by atoms with Gasteiger partial charge in [0, 0.05) is 28.6 Å². The lowest BCUT2D eigenvalue weighted by molar-refractivity contribution is -0.384. The number of nitrogens with zero attached hydrogens (tertiary/aromatic N) is 2. The van der Waals surface area contributed by atoms with Crippen molar-refractivity contribution in [2.45, 2.75) is 0 Å². The highest BCUT2D eigenvalue weighted by Gasteiger charge is 2.28. The van der Waals surface area contributed by atoms with E-state index in [1.807, 2.05) is 0 Å². The van der Waals surface area contributed by atoms with Crippen molar-refractivity contribution in [2.75, 3.05) is 0 Å². The van der Waals surface area contributed by atoms with Gasteiger partial charge in [0.25, 0.3) is 11.6 Å². The Balaban J connectivity index is 2.00. The first-order valence-corrected chi connectivity index (χ1v) is 8.70. The first-order valence-electron chi connectivity index (χ1n) is 8.70. The number of nitro benzene ring substituents is 1. The molecule has 0 aliphatic heterocycles. The largest absolute Gasteiger partial charge is 0.494 e. The van der Waals surface area contributed by atoms with Gasteiger partial charge in [0.2, 0.25) is 5.88 Å². The molecule has 7 heteroatoms. The van der Waals surface area contributed by atoms with E-state index in [-0.39, 0.29) is 22.2 Å². The van der Waals surface area contributed by atoms with Crippen LogP contribution in [0.1, 0.15) is 26.3 Å². The Morgan fingerprint density at radius 2 is 1.45 bits per heavy atom. The summed E-state index contributed by atoms with van der Waals surface area (Å²) in [4.78, 5) is 36.7. The highest BCUT2D eigenvalue weighted by molar-refractivity contribution is 6.20. The molecule has 0 saturated heterocycles. The smallest absolute Gasteiger partial charge is 0.270 e. The molecule has 29 heavy (non-hydrogen) atoms. The zero-order valence-electron chi connectivity index (χ0n) is 15.0. The van der Waals surface area contributed by atoms with Gasteiger partial charge in [-0.15, -0.1) is 0 Å². The van der Waals surface area contributed by atoms with E-state index in [1.54, 1.807) is 60.7 Å². The molecule has 3 aromatic carbocycles. The first kappa shape index (κ1) is 18.1. The molecule has 0 aliphatic carbocycles. The lowest BCUT2D eigenvalue weighted by Gasteiger charge is -2.06. The van der Waals surface area contributed by atoms with Gasteiger partial charge in [-0.25, -0.2) is 4.57 Å². The number of hydrogen-bond acceptors (Lipinski definition) is 5. The van der Waals surface area contributed by atoms with Gasteiger partial charge in [-0.1, -0.05) is 48.5 Å².